The molecule has 0 spiro atoms. The van der Waals surface area contributed by atoms with Crippen molar-refractivity contribution in [3.8, 4) is 11.5 Å². The lowest BCUT2D eigenvalue weighted by molar-refractivity contribution is 0.246. The van der Waals surface area contributed by atoms with Gasteiger partial charge in [0.2, 0.25) is 0 Å². The maximum Gasteiger partial charge on any atom is 0.122 e. The van der Waals surface area contributed by atoms with Crippen LogP contribution in [0.25, 0.3) is 0 Å². The predicted molar refractivity (Wildman–Crippen MR) is 73.3 cm³/mol. The monoisotopic (exact) mass is 247 g/mol. The Hall–Kier alpha value is -1.48. The zero-order chi connectivity index (χ0) is 12.6. The average molecular weight is 247 g/mol. The molecule has 98 valence electrons. The summed E-state index contributed by atoms with van der Waals surface area (Å²) in [7, 11) is 1.67. The van der Waals surface area contributed by atoms with Crippen LogP contribution in [0.1, 0.15) is 12.8 Å². The van der Waals surface area contributed by atoms with Gasteiger partial charge < -0.3 is 9.47 Å². The topological polar surface area (TPSA) is 21.7 Å². The van der Waals surface area contributed by atoms with E-state index in [0.717, 1.165) is 37.6 Å². The van der Waals surface area contributed by atoms with Crippen LogP contribution in [0.4, 0.5) is 0 Å². The van der Waals surface area contributed by atoms with E-state index in [4.69, 9.17) is 9.47 Å². The van der Waals surface area contributed by atoms with E-state index in [9.17, 15) is 0 Å². The van der Waals surface area contributed by atoms with E-state index in [-0.39, 0.29) is 0 Å². The molecule has 0 unspecified atom stereocenters. The zero-order valence-corrected chi connectivity index (χ0v) is 11.0. The second-order valence-electron chi connectivity index (χ2n) is 4.44. The Morgan fingerprint density at radius 3 is 2.89 bits per heavy atom. The minimum atomic E-state index is 0.757. The molecule has 2 rings (SSSR count). The second-order valence-corrected chi connectivity index (χ2v) is 4.44. The molecule has 0 amide bonds. The van der Waals surface area contributed by atoms with Gasteiger partial charge in [0, 0.05) is 25.7 Å². The van der Waals surface area contributed by atoms with Crippen LogP contribution in [0, 0.1) is 0 Å². The SMILES string of the molecule is COc1cccc(OCCCN2CC=CCC2)c1. The molecule has 1 aromatic rings. The molecule has 18 heavy (non-hydrogen) atoms. The van der Waals surface area contributed by atoms with Crippen LogP contribution in [0.5, 0.6) is 11.5 Å². The fraction of sp³-hybridized carbons (Fsp3) is 0.467. The molecule has 0 aromatic heterocycles. The van der Waals surface area contributed by atoms with Gasteiger partial charge in [-0.3, -0.25) is 4.90 Å². The normalized spacial score (nSPS) is 15.6. The number of benzene rings is 1. The van der Waals surface area contributed by atoms with Crippen molar-refractivity contribution >= 4 is 0 Å². The first-order valence-corrected chi connectivity index (χ1v) is 6.53. The highest BCUT2D eigenvalue weighted by atomic mass is 16.5. The third-order valence-corrected chi connectivity index (χ3v) is 3.07. The van der Waals surface area contributed by atoms with Crippen molar-refractivity contribution in [2.24, 2.45) is 0 Å². The van der Waals surface area contributed by atoms with Gasteiger partial charge in [-0.25, -0.2) is 0 Å². The van der Waals surface area contributed by atoms with Gasteiger partial charge in [0.25, 0.3) is 0 Å². The Balaban J connectivity index is 1.66. The molecule has 0 radical (unpaired) electrons. The molecule has 0 atom stereocenters. The van der Waals surface area contributed by atoms with Gasteiger partial charge in [0.05, 0.1) is 13.7 Å². The highest BCUT2D eigenvalue weighted by molar-refractivity contribution is 5.32. The molecular formula is C15H21NO2. The van der Waals surface area contributed by atoms with Gasteiger partial charge in [0.1, 0.15) is 11.5 Å². The lowest BCUT2D eigenvalue weighted by atomic mass is 10.2. The van der Waals surface area contributed by atoms with Crippen LogP contribution >= 0.6 is 0 Å². The van der Waals surface area contributed by atoms with Gasteiger partial charge in [-0.1, -0.05) is 18.2 Å². The summed E-state index contributed by atoms with van der Waals surface area (Å²) in [5.74, 6) is 1.72. The van der Waals surface area contributed by atoms with Crippen LogP contribution in [-0.4, -0.2) is 38.3 Å². The van der Waals surface area contributed by atoms with E-state index in [0.29, 0.717) is 0 Å². The molecule has 0 saturated heterocycles. The molecule has 0 aliphatic carbocycles. The molecule has 0 bridgehead atoms. The molecule has 3 heteroatoms. The van der Waals surface area contributed by atoms with Crippen molar-refractivity contribution in [1.82, 2.24) is 4.90 Å². The van der Waals surface area contributed by atoms with Gasteiger partial charge in [-0.05, 0) is 25.0 Å². The van der Waals surface area contributed by atoms with Gasteiger partial charge >= 0.3 is 0 Å². The fourth-order valence-corrected chi connectivity index (χ4v) is 2.06. The first-order chi connectivity index (χ1) is 8.88. The maximum atomic E-state index is 5.71. The Morgan fingerprint density at radius 2 is 2.11 bits per heavy atom. The molecule has 1 aromatic carbocycles. The Morgan fingerprint density at radius 1 is 1.22 bits per heavy atom. The highest BCUT2D eigenvalue weighted by Crippen LogP contribution is 2.18. The maximum absolute atomic E-state index is 5.71. The number of rotatable bonds is 6. The molecule has 0 saturated carbocycles. The Bertz CT molecular complexity index is 390. The minimum absolute atomic E-state index is 0.757. The first-order valence-electron chi connectivity index (χ1n) is 6.53. The standard InChI is InChI=1S/C15H21NO2/c1-17-14-7-5-8-15(13-14)18-12-6-11-16-9-3-2-4-10-16/h2-3,5,7-8,13H,4,6,9-12H2,1H3. The average Bonchev–Trinajstić information content (AvgIpc) is 2.45. The van der Waals surface area contributed by atoms with Crippen LogP contribution in [0.3, 0.4) is 0 Å². The summed E-state index contributed by atoms with van der Waals surface area (Å²) in [5, 5.41) is 0. The van der Waals surface area contributed by atoms with Crippen LogP contribution in [0.15, 0.2) is 36.4 Å². The lowest BCUT2D eigenvalue weighted by Crippen LogP contribution is -2.29. The van der Waals surface area contributed by atoms with Crippen molar-refractivity contribution in [3.63, 3.8) is 0 Å². The number of hydrogen-bond acceptors (Lipinski definition) is 3. The fourth-order valence-electron chi connectivity index (χ4n) is 2.06. The minimum Gasteiger partial charge on any atom is -0.497 e. The summed E-state index contributed by atoms with van der Waals surface area (Å²) in [6, 6.07) is 7.76. The summed E-state index contributed by atoms with van der Waals surface area (Å²) in [6.07, 6.45) is 6.73. The summed E-state index contributed by atoms with van der Waals surface area (Å²) in [4.78, 5) is 2.45. The summed E-state index contributed by atoms with van der Waals surface area (Å²) in [5.41, 5.74) is 0. The molecule has 0 N–H and O–H groups in total. The van der Waals surface area contributed by atoms with Crippen LogP contribution in [-0.2, 0) is 0 Å². The van der Waals surface area contributed by atoms with Crippen molar-refractivity contribution in [3.05, 3.63) is 36.4 Å². The molecule has 0 fully saturated rings. The molecule has 1 aliphatic heterocycles. The molecule has 3 nitrogen and oxygen atoms in total. The van der Waals surface area contributed by atoms with Crippen molar-refractivity contribution in [2.45, 2.75) is 12.8 Å². The Kier molecular flexibility index (Phi) is 5.09. The van der Waals surface area contributed by atoms with Gasteiger partial charge in [-0.2, -0.15) is 0 Å². The number of hydrogen-bond donors (Lipinski definition) is 0. The van der Waals surface area contributed by atoms with Crippen molar-refractivity contribution in [1.29, 1.82) is 0 Å². The Labute approximate surface area is 109 Å². The van der Waals surface area contributed by atoms with E-state index in [1.165, 1.54) is 13.0 Å². The second kappa shape index (κ2) is 7.07. The first kappa shape index (κ1) is 13.0. The van der Waals surface area contributed by atoms with E-state index < -0.39 is 0 Å². The van der Waals surface area contributed by atoms with E-state index in [2.05, 4.69) is 17.1 Å². The summed E-state index contributed by atoms with van der Waals surface area (Å²) < 4.78 is 10.9. The summed E-state index contributed by atoms with van der Waals surface area (Å²) >= 11 is 0. The number of methoxy groups -OCH3 is 1. The van der Waals surface area contributed by atoms with Crippen LogP contribution < -0.4 is 9.47 Å². The smallest absolute Gasteiger partial charge is 0.122 e. The number of nitrogens with zero attached hydrogens (tertiary/aromatic N) is 1. The van der Waals surface area contributed by atoms with E-state index in [1.807, 2.05) is 24.3 Å². The summed E-state index contributed by atoms with van der Waals surface area (Å²) in [6.45, 7) is 4.12. The largest absolute Gasteiger partial charge is 0.497 e. The zero-order valence-electron chi connectivity index (χ0n) is 11.0. The quantitative estimate of drug-likeness (QED) is 0.570. The van der Waals surface area contributed by atoms with E-state index >= 15 is 0 Å². The van der Waals surface area contributed by atoms with Gasteiger partial charge in [-0.15, -0.1) is 0 Å². The van der Waals surface area contributed by atoms with Gasteiger partial charge in [0.15, 0.2) is 0 Å². The molecule has 1 aliphatic rings. The van der Waals surface area contributed by atoms with Crippen LogP contribution in [0.2, 0.25) is 0 Å². The molecule has 1 heterocycles. The third kappa shape index (κ3) is 4.08. The van der Waals surface area contributed by atoms with E-state index in [1.54, 1.807) is 7.11 Å². The van der Waals surface area contributed by atoms with Crippen molar-refractivity contribution in [2.75, 3.05) is 33.4 Å². The lowest BCUT2D eigenvalue weighted by Gasteiger charge is -2.22. The third-order valence-electron chi connectivity index (χ3n) is 3.07. The molecular weight excluding hydrogens is 226 g/mol. The number of ether oxygens (including phenoxy) is 2. The highest BCUT2D eigenvalue weighted by Gasteiger charge is 2.05. The predicted octanol–water partition coefficient (Wildman–Crippen LogP) is 2.73. The van der Waals surface area contributed by atoms with Crippen molar-refractivity contribution < 1.29 is 9.47 Å².